The highest BCUT2D eigenvalue weighted by molar-refractivity contribution is 5.77. The van der Waals surface area contributed by atoms with Crippen LogP contribution in [0.15, 0.2) is 12.1 Å². The molecular formula is C11H14N2O3. The van der Waals surface area contributed by atoms with Crippen molar-refractivity contribution in [2.75, 3.05) is 6.61 Å². The van der Waals surface area contributed by atoms with Gasteiger partial charge in [0.1, 0.15) is 11.4 Å². The Morgan fingerprint density at radius 3 is 2.88 bits per heavy atom. The maximum absolute atomic E-state index is 10.8. The highest BCUT2D eigenvalue weighted by Gasteiger charge is 2.11. The lowest BCUT2D eigenvalue weighted by molar-refractivity contribution is -0.122. The van der Waals surface area contributed by atoms with Crippen molar-refractivity contribution in [3.63, 3.8) is 0 Å². The lowest BCUT2D eigenvalue weighted by atomic mass is 10.2. The Labute approximate surface area is 93.6 Å². The van der Waals surface area contributed by atoms with E-state index >= 15 is 0 Å². The number of primary amides is 1. The van der Waals surface area contributed by atoms with Crippen molar-refractivity contribution in [2.45, 2.75) is 13.8 Å². The van der Waals surface area contributed by atoms with Gasteiger partial charge < -0.3 is 10.5 Å². The number of aldehydes is 1. The monoisotopic (exact) mass is 222 g/mol. The van der Waals surface area contributed by atoms with Gasteiger partial charge in [-0.3, -0.25) is 9.59 Å². The van der Waals surface area contributed by atoms with Crippen molar-refractivity contribution in [1.82, 2.24) is 4.98 Å². The first-order valence-electron chi connectivity index (χ1n) is 4.89. The van der Waals surface area contributed by atoms with E-state index in [4.69, 9.17) is 10.5 Å². The van der Waals surface area contributed by atoms with E-state index in [1.54, 1.807) is 26.0 Å². The summed E-state index contributed by atoms with van der Waals surface area (Å²) in [5.41, 5.74) is 6.06. The molecule has 2 N–H and O–H groups in total. The lowest BCUT2D eigenvalue weighted by Crippen LogP contribution is -2.26. The van der Waals surface area contributed by atoms with Crippen LogP contribution in [-0.2, 0) is 4.79 Å². The van der Waals surface area contributed by atoms with Crippen LogP contribution in [0.1, 0.15) is 23.1 Å². The van der Waals surface area contributed by atoms with Crippen LogP contribution in [0.4, 0.5) is 0 Å². The summed E-state index contributed by atoms with van der Waals surface area (Å²) in [5, 5.41) is 0. The molecule has 1 rings (SSSR count). The molecule has 1 amide bonds. The van der Waals surface area contributed by atoms with Gasteiger partial charge in [0.05, 0.1) is 12.5 Å². The van der Waals surface area contributed by atoms with Crippen LogP contribution < -0.4 is 10.5 Å². The van der Waals surface area contributed by atoms with E-state index in [1.807, 2.05) is 0 Å². The molecule has 5 nitrogen and oxygen atoms in total. The molecule has 0 aliphatic carbocycles. The predicted octanol–water partition coefficient (Wildman–Crippen LogP) is 0.703. The SMILES string of the molecule is Cc1ccc(OCC(C)C(N)=O)c(C=O)n1. The number of ether oxygens (including phenoxy) is 1. The third kappa shape index (κ3) is 3.05. The Morgan fingerprint density at radius 2 is 2.31 bits per heavy atom. The van der Waals surface area contributed by atoms with Gasteiger partial charge in [-0.15, -0.1) is 0 Å². The van der Waals surface area contributed by atoms with Crippen LogP contribution >= 0.6 is 0 Å². The molecule has 1 unspecified atom stereocenters. The molecule has 1 atom stereocenters. The summed E-state index contributed by atoms with van der Waals surface area (Å²) < 4.78 is 5.31. The number of rotatable bonds is 5. The Hall–Kier alpha value is -1.91. The fourth-order valence-corrected chi connectivity index (χ4v) is 1.07. The summed E-state index contributed by atoms with van der Waals surface area (Å²) in [6.07, 6.45) is 0.622. The van der Waals surface area contributed by atoms with Gasteiger partial charge in [0, 0.05) is 5.69 Å². The normalized spacial score (nSPS) is 11.9. The molecule has 1 aromatic heterocycles. The second-order valence-electron chi connectivity index (χ2n) is 3.57. The van der Waals surface area contributed by atoms with Gasteiger partial charge in [0.25, 0.3) is 0 Å². The van der Waals surface area contributed by atoms with Crippen LogP contribution in [0.2, 0.25) is 0 Å². The molecule has 0 aliphatic rings. The Balaban J connectivity index is 2.74. The highest BCUT2D eigenvalue weighted by atomic mass is 16.5. The molecule has 0 spiro atoms. The van der Waals surface area contributed by atoms with Gasteiger partial charge in [0.2, 0.25) is 5.91 Å². The van der Waals surface area contributed by atoms with Crippen LogP contribution in [0.3, 0.4) is 0 Å². The second kappa shape index (κ2) is 5.25. The van der Waals surface area contributed by atoms with Crippen LogP contribution in [0.25, 0.3) is 0 Å². The largest absolute Gasteiger partial charge is 0.490 e. The molecule has 5 heteroatoms. The summed E-state index contributed by atoms with van der Waals surface area (Å²) >= 11 is 0. The average Bonchev–Trinajstić information content (AvgIpc) is 2.26. The maximum atomic E-state index is 10.8. The summed E-state index contributed by atoms with van der Waals surface area (Å²) in [6, 6.07) is 3.39. The topological polar surface area (TPSA) is 82.3 Å². The molecular weight excluding hydrogens is 208 g/mol. The van der Waals surface area contributed by atoms with Crippen molar-refractivity contribution in [1.29, 1.82) is 0 Å². The smallest absolute Gasteiger partial charge is 0.223 e. The summed E-state index contributed by atoms with van der Waals surface area (Å²) in [4.78, 5) is 25.5. The van der Waals surface area contributed by atoms with E-state index in [0.29, 0.717) is 12.0 Å². The van der Waals surface area contributed by atoms with E-state index in [-0.39, 0.29) is 12.3 Å². The van der Waals surface area contributed by atoms with Crippen molar-refractivity contribution in [3.05, 3.63) is 23.5 Å². The van der Waals surface area contributed by atoms with Crippen molar-refractivity contribution >= 4 is 12.2 Å². The summed E-state index contributed by atoms with van der Waals surface area (Å²) in [5.74, 6) is -0.470. The molecule has 0 saturated carbocycles. The molecule has 1 aromatic rings. The quantitative estimate of drug-likeness (QED) is 0.743. The van der Waals surface area contributed by atoms with Crippen molar-refractivity contribution in [2.24, 2.45) is 11.7 Å². The van der Waals surface area contributed by atoms with Gasteiger partial charge >= 0.3 is 0 Å². The zero-order valence-electron chi connectivity index (χ0n) is 9.27. The zero-order valence-corrected chi connectivity index (χ0v) is 9.27. The number of nitrogens with two attached hydrogens (primary N) is 1. The summed E-state index contributed by atoms with van der Waals surface area (Å²) in [7, 11) is 0. The number of aryl methyl sites for hydroxylation is 1. The standard InChI is InChI=1S/C11H14N2O3/c1-7(11(12)15)6-16-10-4-3-8(2)13-9(10)5-14/h3-5,7H,6H2,1-2H3,(H2,12,15). The minimum Gasteiger partial charge on any atom is -0.490 e. The number of aromatic nitrogens is 1. The number of carbonyl (C=O) groups excluding carboxylic acids is 2. The molecule has 0 aromatic carbocycles. The molecule has 0 aliphatic heterocycles. The van der Waals surface area contributed by atoms with E-state index < -0.39 is 11.8 Å². The third-order valence-corrected chi connectivity index (χ3v) is 2.11. The van der Waals surface area contributed by atoms with Gasteiger partial charge in [-0.1, -0.05) is 6.92 Å². The fourth-order valence-electron chi connectivity index (χ4n) is 1.07. The second-order valence-corrected chi connectivity index (χ2v) is 3.57. The number of amides is 1. The number of hydrogen-bond acceptors (Lipinski definition) is 4. The zero-order chi connectivity index (χ0) is 12.1. The maximum Gasteiger partial charge on any atom is 0.223 e. The van der Waals surface area contributed by atoms with Crippen molar-refractivity contribution in [3.8, 4) is 5.75 Å². The number of hydrogen-bond donors (Lipinski definition) is 1. The van der Waals surface area contributed by atoms with E-state index in [9.17, 15) is 9.59 Å². The molecule has 0 fully saturated rings. The third-order valence-electron chi connectivity index (χ3n) is 2.11. The molecule has 0 saturated heterocycles. The first-order valence-corrected chi connectivity index (χ1v) is 4.89. The van der Waals surface area contributed by atoms with Crippen LogP contribution in [0.5, 0.6) is 5.75 Å². The average molecular weight is 222 g/mol. The predicted molar refractivity (Wildman–Crippen MR) is 58.2 cm³/mol. The lowest BCUT2D eigenvalue weighted by Gasteiger charge is -2.11. The van der Waals surface area contributed by atoms with E-state index in [2.05, 4.69) is 4.98 Å². The molecule has 1 heterocycles. The number of pyridine rings is 1. The van der Waals surface area contributed by atoms with Crippen molar-refractivity contribution < 1.29 is 14.3 Å². The minimum absolute atomic E-state index is 0.140. The van der Waals surface area contributed by atoms with E-state index in [1.165, 1.54) is 0 Å². The number of nitrogens with zero attached hydrogens (tertiary/aromatic N) is 1. The summed E-state index contributed by atoms with van der Waals surface area (Å²) in [6.45, 7) is 3.58. The molecule has 86 valence electrons. The minimum atomic E-state index is -0.437. The molecule has 16 heavy (non-hydrogen) atoms. The molecule has 0 bridgehead atoms. The van der Waals surface area contributed by atoms with Crippen LogP contribution in [0, 0.1) is 12.8 Å². The van der Waals surface area contributed by atoms with Gasteiger partial charge in [-0.05, 0) is 19.1 Å². The van der Waals surface area contributed by atoms with Gasteiger partial charge in [-0.25, -0.2) is 4.98 Å². The van der Waals surface area contributed by atoms with Gasteiger partial charge in [-0.2, -0.15) is 0 Å². The van der Waals surface area contributed by atoms with E-state index in [0.717, 1.165) is 5.69 Å². The molecule has 0 radical (unpaired) electrons. The Kier molecular flexibility index (Phi) is 3.99. The highest BCUT2D eigenvalue weighted by Crippen LogP contribution is 2.15. The first-order chi connectivity index (χ1) is 7.54. The Morgan fingerprint density at radius 1 is 1.62 bits per heavy atom. The van der Waals surface area contributed by atoms with Crippen LogP contribution in [-0.4, -0.2) is 23.8 Å². The fraction of sp³-hybridized carbons (Fsp3) is 0.364. The Bertz CT molecular complexity index is 404. The first kappa shape index (κ1) is 12.2. The van der Waals surface area contributed by atoms with Gasteiger partial charge in [0.15, 0.2) is 6.29 Å². The number of carbonyl (C=O) groups is 2.